The number of phenolic OH excluding ortho intramolecular Hbond substituents is 1. The van der Waals surface area contributed by atoms with Crippen LogP contribution in [0.2, 0.25) is 0 Å². The van der Waals surface area contributed by atoms with Gasteiger partial charge in [-0.1, -0.05) is 6.07 Å². The zero-order valence-electron chi connectivity index (χ0n) is 8.91. The van der Waals surface area contributed by atoms with E-state index in [0.717, 1.165) is 0 Å². The zero-order valence-corrected chi connectivity index (χ0v) is 8.91. The van der Waals surface area contributed by atoms with E-state index >= 15 is 0 Å². The van der Waals surface area contributed by atoms with Crippen LogP contribution in [0.4, 0.5) is 0 Å². The normalized spacial score (nSPS) is 14.0. The molecule has 1 aromatic carbocycles. The van der Waals surface area contributed by atoms with E-state index < -0.39 is 24.5 Å². The van der Waals surface area contributed by atoms with Crippen LogP contribution in [0, 0.1) is 0 Å². The third-order valence-corrected chi connectivity index (χ3v) is 2.29. The lowest BCUT2D eigenvalue weighted by atomic mass is 10.00. The summed E-state index contributed by atoms with van der Waals surface area (Å²) in [5.74, 6) is -0.966. The summed E-state index contributed by atoms with van der Waals surface area (Å²) in [7, 11) is 0. The number of nitrogens with two attached hydrogens (primary N) is 1. The van der Waals surface area contributed by atoms with E-state index in [2.05, 4.69) is 0 Å². The first-order chi connectivity index (χ1) is 7.95. The molecule has 0 saturated heterocycles. The van der Waals surface area contributed by atoms with Crippen molar-refractivity contribution in [3.05, 3.63) is 29.3 Å². The molecule has 17 heavy (non-hydrogen) atoms. The van der Waals surface area contributed by atoms with E-state index in [1.807, 2.05) is 0 Å². The summed E-state index contributed by atoms with van der Waals surface area (Å²) < 4.78 is 0. The molecule has 2 atom stereocenters. The number of benzene rings is 1. The zero-order chi connectivity index (χ0) is 13.0. The maximum atomic E-state index is 10.6. The van der Waals surface area contributed by atoms with Crippen molar-refractivity contribution in [2.45, 2.75) is 18.6 Å². The fourth-order valence-electron chi connectivity index (χ4n) is 1.39. The third-order valence-electron chi connectivity index (χ3n) is 2.29. The molecule has 6 nitrogen and oxygen atoms in total. The quantitative estimate of drug-likeness (QED) is 0.515. The summed E-state index contributed by atoms with van der Waals surface area (Å²) in [6.07, 6.45) is -2.66. The average molecular weight is 239 g/mol. The van der Waals surface area contributed by atoms with E-state index in [1.165, 1.54) is 18.2 Å². The molecule has 0 fully saturated rings. The molecule has 6 heteroatoms. The average Bonchev–Trinajstić information content (AvgIpc) is 2.27. The Morgan fingerprint density at radius 2 is 2.06 bits per heavy atom. The molecular weight excluding hydrogens is 226 g/mol. The lowest BCUT2D eigenvalue weighted by Gasteiger charge is -2.17. The first-order valence-electron chi connectivity index (χ1n) is 4.88. The molecule has 0 aliphatic rings. The Bertz CT molecular complexity index is 432. The number of rotatable bonds is 5. The molecule has 1 aromatic rings. The lowest BCUT2D eigenvalue weighted by molar-refractivity contribution is -0.121. The predicted octanol–water partition coefficient (Wildman–Crippen LogP) is -0.526. The number of aromatic hydroxyl groups is 1. The minimum absolute atomic E-state index is 0.00664. The van der Waals surface area contributed by atoms with Crippen LogP contribution in [0.3, 0.4) is 0 Å². The molecule has 0 aliphatic heterocycles. The maximum absolute atomic E-state index is 10.6. The second kappa shape index (κ2) is 5.42. The molecule has 0 bridgehead atoms. The number of carbonyl (C=O) groups excluding carboxylic acids is 2. The Morgan fingerprint density at radius 1 is 1.41 bits per heavy atom. The predicted molar refractivity (Wildman–Crippen MR) is 58.3 cm³/mol. The van der Waals surface area contributed by atoms with Crippen LogP contribution in [0.1, 0.15) is 28.4 Å². The molecule has 1 rings (SSSR count). The minimum Gasteiger partial charge on any atom is -0.507 e. The standard InChI is InChI=1S/C11H13NO5/c12-10(16)4-9(15)11(17)6-1-2-8(14)7(3-6)5-13/h1-3,5,9,11,14-15,17H,4H2,(H2,12,16). The monoisotopic (exact) mass is 239 g/mol. The molecule has 1 amide bonds. The molecule has 0 aromatic heterocycles. The summed E-state index contributed by atoms with van der Waals surface area (Å²) in [5, 5.41) is 28.4. The number of phenols is 1. The molecule has 92 valence electrons. The van der Waals surface area contributed by atoms with Gasteiger partial charge in [0.25, 0.3) is 0 Å². The summed E-state index contributed by atoms with van der Waals surface area (Å²) in [6, 6.07) is 3.80. The number of hydrogen-bond donors (Lipinski definition) is 4. The lowest BCUT2D eigenvalue weighted by Crippen LogP contribution is -2.25. The van der Waals surface area contributed by atoms with Crippen molar-refractivity contribution in [1.29, 1.82) is 0 Å². The number of amides is 1. The SMILES string of the molecule is NC(=O)CC(O)C(O)c1ccc(O)c(C=O)c1. The molecule has 0 saturated carbocycles. The van der Waals surface area contributed by atoms with Crippen LogP contribution in [-0.4, -0.2) is 33.6 Å². The van der Waals surface area contributed by atoms with Crippen molar-refractivity contribution >= 4 is 12.2 Å². The van der Waals surface area contributed by atoms with E-state index in [0.29, 0.717) is 6.29 Å². The van der Waals surface area contributed by atoms with Gasteiger partial charge in [0.05, 0.1) is 18.1 Å². The number of aliphatic hydroxyl groups excluding tert-OH is 2. The van der Waals surface area contributed by atoms with Gasteiger partial charge in [0.2, 0.25) is 5.91 Å². The number of aldehydes is 1. The van der Waals surface area contributed by atoms with Gasteiger partial charge in [-0.25, -0.2) is 0 Å². The van der Waals surface area contributed by atoms with Crippen molar-refractivity contribution in [1.82, 2.24) is 0 Å². The third kappa shape index (κ3) is 3.27. The summed E-state index contributed by atoms with van der Waals surface area (Å²) in [5.41, 5.74) is 5.10. The summed E-state index contributed by atoms with van der Waals surface area (Å²) >= 11 is 0. The van der Waals surface area contributed by atoms with Gasteiger partial charge >= 0.3 is 0 Å². The Kier molecular flexibility index (Phi) is 4.19. The molecule has 0 heterocycles. The van der Waals surface area contributed by atoms with Gasteiger partial charge in [-0.05, 0) is 17.7 Å². The first-order valence-corrected chi connectivity index (χ1v) is 4.88. The Hall–Kier alpha value is -1.92. The van der Waals surface area contributed by atoms with E-state index in [1.54, 1.807) is 0 Å². The molecular formula is C11H13NO5. The maximum Gasteiger partial charge on any atom is 0.220 e. The van der Waals surface area contributed by atoms with Crippen LogP contribution < -0.4 is 5.73 Å². The molecule has 0 aliphatic carbocycles. The first kappa shape index (κ1) is 13.1. The number of hydrogen-bond acceptors (Lipinski definition) is 5. The molecule has 5 N–H and O–H groups in total. The molecule has 0 radical (unpaired) electrons. The fourth-order valence-corrected chi connectivity index (χ4v) is 1.39. The van der Waals surface area contributed by atoms with Crippen LogP contribution in [0.15, 0.2) is 18.2 Å². The van der Waals surface area contributed by atoms with E-state index in [4.69, 9.17) is 5.73 Å². The van der Waals surface area contributed by atoms with E-state index in [-0.39, 0.29) is 16.9 Å². The van der Waals surface area contributed by atoms with Crippen molar-refractivity contribution in [2.24, 2.45) is 5.73 Å². The summed E-state index contributed by atoms with van der Waals surface area (Å²) in [4.78, 5) is 21.1. The van der Waals surface area contributed by atoms with Crippen molar-refractivity contribution in [2.75, 3.05) is 0 Å². The highest BCUT2D eigenvalue weighted by atomic mass is 16.3. The van der Waals surface area contributed by atoms with Gasteiger partial charge in [-0.2, -0.15) is 0 Å². The van der Waals surface area contributed by atoms with Gasteiger partial charge in [-0.15, -0.1) is 0 Å². The van der Waals surface area contributed by atoms with Gasteiger partial charge in [-0.3, -0.25) is 9.59 Å². The highest BCUT2D eigenvalue weighted by Crippen LogP contribution is 2.24. The minimum atomic E-state index is -1.35. The van der Waals surface area contributed by atoms with Gasteiger partial charge in [0.15, 0.2) is 6.29 Å². The van der Waals surface area contributed by atoms with Crippen molar-refractivity contribution in [3.8, 4) is 5.75 Å². The smallest absolute Gasteiger partial charge is 0.220 e. The van der Waals surface area contributed by atoms with E-state index in [9.17, 15) is 24.9 Å². The van der Waals surface area contributed by atoms with Gasteiger partial charge in [0, 0.05) is 0 Å². The van der Waals surface area contributed by atoms with Gasteiger partial charge < -0.3 is 21.1 Å². The topological polar surface area (TPSA) is 121 Å². The summed E-state index contributed by atoms with van der Waals surface area (Å²) in [6.45, 7) is 0. The number of aliphatic hydroxyl groups is 2. The Morgan fingerprint density at radius 3 is 2.59 bits per heavy atom. The van der Waals surface area contributed by atoms with Crippen molar-refractivity contribution < 1.29 is 24.9 Å². The second-order valence-electron chi connectivity index (χ2n) is 3.62. The van der Waals surface area contributed by atoms with Crippen LogP contribution in [-0.2, 0) is 4.79 Å². The Labute approximate surface area is 97.3 Å². The Balaban J connectivity index is 2.92. The second-order valence-corrected chi connectivity index (χ2v) is 3.62. The number of primary amides is 1. The molecule has 2 unspecified atom stereocenters. The van der Waals surface area contributed by atoms with Crippen LogP contribution >= 0.6 is 0 Å². The van der Waals surface area contributed by atoms with Crippen LogP contribution in [0.25, 0.3) is 0 Å². The highest BCUT2D eigenvalue weighted by Gasteiger charge is 2.21. The van der Waals surface area contributed by atoms with Gasteiger partial charge in [0.1, 0.15) is 11.9 Å². The number of carbonyl (C=O) groups is 2. The largest absolute Gasteiger partial charge is 0.507 e. The molecule has 0 spiro atoms. The fraction of sp³-hybridized carbons (Fsp3) is 0.273. The van der Waals surface area contributed by atoms with Crippen molar-refractivity contribution in [3.63, 3.8) is 0 Å². The highest BCUT2D eigenvalue weighted by molar-refractivity contribution is 5.79. The van der Waals surface area contributed by atoms with Crippen LogP contribution in [0.5, 0.6) is 5.75 Å².